The van der Waals surface area contributed by atoms with Crippen molar-refractivity contribution in [3.63, 3.8) is 0 Å². The highest BCUT2D eigenvalue weighted by Gasteiger charge is 2.03. The van der Waals surface area contributed by atoms with Gasteiger partial charge in [-0.3, -0.25) is 0 Å². The molecule has 2 heteroatoms. The molecule has 0 rings (SSSR count). The lowest BCUT2D eigenvalue weighted by atomic mass is 10.4. The van der Waals surface area contributed by atoms with Crippen LogP contribution in [-0.4, -0.2) is 14.3 Å². The third kappa shape index (κ3) is 4.98. The van der Waals surface area contributed by atoms with E-state index in [-0.39, 0.29) is 0 Å². The van der Waals surface area contributed by atoms with E-state index in [1.54, 1.807) is 0 Å². The normalized spacial score (nSPS) is 13.7. The first-order chi connectivity index (χ1) is 4.35. The van der Waals surface area contributed by atoms with E-state index in [0.29, 0.717) is 0 Å². The van der Waals surface area contributed by atoms with Gasteiger partial charge in [0.1, 0.15) is 0 Å². The third-order valence-electron chi connectivity index (χ3n) is 1.76. The second-order valence-corrected chi connectivity index (χ2v) is 6.93. The molecule has 0 radical (unpaired) electrons. The quantitative estimate of drug-likeness (QED) is 0.433. The van der Waals surface area contributed by atoms with Crippen molar-refractivity contribution in [2.24, 2.45) is 0 Å². The van der Waals surface area contributed by atoms with Crippen LogP contribution in [0.1, 0.15) is 26.7 Å². The number of hydrogen-bond acceptors (Lipinski definition) is 0. The topological polar surface area (TPSA) is 0 Å². The lowest BCUT2D eigenvalue weighted by molar-refractivity contribution is 0.871. The number of alkyl halides is 1. The average molecular weight is 165 g/mol. The van der Waals surface area contributed by atoms with Gasteiger partial charge in [-0.05, 0) is 0 Å². The molecule has 0 saturated heterocycles. The zero-order valence-electron chi connectivity index (χ0n) is 6.49. The van der Waals surface area contributed by atoms with Crippen LogP contribution in [0.25, 0.3) is 0 Å². The van der Waals surface area contributed by atoms with Gasteiger partial charge >= 0.3 is 0 Å². The fraction of sp³-hybridized carbons (Fsp3) is 1.00. The molecule has 0 fully saturated rings. The van der Waals surface area contributed by atoms with Crippen molar-refractivity contribution < 1.29 is 0 Å². The molecule has 0 aromatic heterocycles. The van der Waals surface area contributed by atoms with Gasteiger partial charge in [0.2, 0.25) is 0 Å². The molecule has 0 spiro atoms. The van der Waals surface area contributed by atoms with E-state index in [4.69, 9.17) is 11.6 Å². The van der Waals surface area contributed by atoms with Gasteiger partial charge in [0, 0.05) is 5.50 Å². The van der Waals surface area contributed by atoms with E-state index in [2.05, 4.69) is 13.8 Å². The van der Waals surface area contributed by atoms with Gasteiger partial charge in [-0.15, -0.1) is 11.6 Å². The fourth-order valence-electron chi connectivity index (χ4n) is 0.883. The van der Waals surface area contributed by atoms with Gasteiger partial charge in [0.25, 0.3) is 0 Å². The summed E-state index contributed by atoms with van der Waals surface area (Å²) in [4.78, 5) is 0. The summed E-state index contributed by atoms with van der Waals surface area (Å²) >= 11 is 5.77. The summed E-state index contributed by atoms with van der Waals surface area (Å²) in [6.45, 7) is 4.52. The van der Waals surface area contributed by atoms with Crippen LogP contribution in [0.2, 0.25) is 12.1 Å². The molecule has 0 N–H and O–H groups in total. The van der Waals surface area contributed by atoms with Crippen LogP contribution in [-0.2, 0) is 0 Å². The Morgan fingerprint density at radius 1 is 1.33 bits per heavy atom. The molecule has 9 heavy (non-hydrogen) atoms. The maximum Gasteiger partial charge on any atom is 0.0538 e. The van der Waals surface area contributed by atoms with E-state index >= 15 is 0 Å². The Hall–Kier alpha value is 0.507. The van der Waals surface area contributed by atoms with Crippen molar-refractivity contribution in [1.29, 1.82) is 0 Å². The average Bonchev–Trinajstić information content (AvgIpc) is 1.91. The second kappa shape index (κ2) is 6.62. The summed E-state index contributed by atoms with van der Waals surface area (Å²) in [5.74, 6) is 0. The largest absolute Gasteiger partial charge is 0.131 e. The molecule has 0 bridgehead atoms. The Morgan fingerprint density at radius 2 is 2.00 bits per heavy atom. The van der Waals surface area contributed by atoms with E-state index < -0.39 is 8.80 Å². The molecule has 0 aliphatic heterocycles. The number of rotatable bonds is 5. The van der Waals surface area contributed by atoms with Crippen LogP contribution < -0.4 is 0 Å². The summed E-state index contributed by atoms with van der Waals surface area (Å²) < 4.78 is 0. The molecule has 0 aromatic rings. The Morgan fingerprint density at radius 3 is 2.33 bits per heavy atom. The number of halogens is 1. The highest BCUT2D eigenvalue weighted by atomic mass is 35.5. The molecule has 0 aromatic carbocycles. The van der Waals surface area contributed by atoms with Gasteiger partial charge in [-0.1, -0.05) is 38.8 Å². The molecular formula is C7H17ClSi. The minimum atomic E-state index is -0.444. The standard InChI is InChI=1S/C7H17ClSi/c1-3-5-6-9(4-2)7-8/h9H,3-7H2,1-2H3. The van der Waals surface area contributed by atoms with Gasteiger partial charge in [-0.25, -0.2) is 0 Å². The summed E-state index contributed by atoms with van der Waals surface area (Å²) in [6, 6.07) is 2.83. The zero-order valence-corrected chi connectivity index (χ0v) is 8.40. The van der Waals surface area contributed by atoms with E-state index in [1.165, 1.54) is 24.9 Å². The van der Waals surface area contributed by atoms with E-state index in [9.17, 15) is 0 Å². The number of hydrogen-bond donors (Lipinski definition) is 0. The summed E-state index contributed by atoms with van der Waals surface area (Å²) in [5.41, 5.74) is 0.983. The van der Waals surface area contributed by atoms with Gasteiger partial charge in [-0.2, -0.15) is 0 Å². The van der Waals surface area contributed by atoms with Crippen molar-refractivity contribution >= 4 is 20.4 Å². The lowest BCUT2D eigenvalue weighted by Gasteiger charge is -2.06. The van der Waals surface area contributed by atoms with E-state index in [0.717, 1.165) is 5.50 Å². The molecule has 0 heterocycles. The van der Waals surface area contributed by atoms with Crippen LogP contribution in [0.3, 0.4) is 0 Å². The van der Waals surface area contributed by atoms with Gasteiger partial charge < -0.3 is 0 Å². The molecule has 0 aliphatic carbocycles. The molecule has 1 unspecified atom stereocenters. The van der Waals surface area contributed by atoms with E-state index in [1.807, 2.05) is 0 Å². The first-order valence-corrected chi connectivity index (χ1v) is 6.89. The second-order valence-electron chi connectivity index (χ2n) is 2.57. The first kappa shape index (κ1) is 9.51. The molecule has 1 atom stereocenters. The molecule has 0 amide bonds. The molecule has 0 aliphatic rings. The van der Waals surface area contributed by atoms with Crippen LogP contribution in [0, 0.1) is 0 Å². The van der Waals surface area contributed by atoms with Crippen molar-refractivity contribution in [3.05, 3.63) is 0 Å². The Balaban J connectivity index is 3.09. The van der Waals surface area contributed by atoms with Crippen LogP contribution in [0.5, 0.6) is 0 Å². The lowest BCUT2D eigenvalue weighted by Crippen LogP contribution is -2.12. The SMILES string of the molecule is CCCC[SiH](CC)CCl. The third-order valence-corrected chi connectivity index (χ3v) is 5.89. The summed E-state index contributed by atoms with van der Waals surface area (Å²) in [7, 11) is -0.444. The van der Waals surface area contributed by atoms with Crippen molar-refractivity contribution in [3.8, 4) is 0 Å². The maximum atomic E-state index is 5.77. The fourth-order valence-corrected chi connectivity index (χ4v) is 3.77. The Bertz CT molecular complexity index is 52.9. The Kier molecular flexibility index (Phi) is 7.00. The predicted octanol–water partition coefficient (Wildman–Crippen LogP) is 2.81. The number of unbranched alkanes of at least 4 members (excludes halogenated alkanes) is 1. The maximum absolute atomic E-state index is 5.77. The molecular weight excluding hydrogens is 148 g/mol. The Labute approximate surface area is 65.2 Å². The van der Waals surface area contributed by atoms with Gasteiger partial charge in [0.15, 0.2) is 0 Å². The summed E-state index contributed by atoms with van der Waals surface area (Å²) in [6.07, 6.45) is 2.73. The smallest absolute Gasteiger partial charge is 0.0538 e. The van der Waals surface area contributed by atoms with Gasteiger partial charge in [0.05, 0.1) is 8.80 Å². The van der Waals surface area contributed by atoms with Crippen LogP contribution >= 0.6 is 11.6 Å². The van der Waals surface area contributed by atoms with Crippen molar-refractivity contribution in [1.82, 2.24) is 0 Å². The van der Waals surface area contributed by atoms with Crippen LogP contribution in [0.4, 0.5) is 0 Å². The minimum absolute atomic E-state index is 0.444. The molecule has 56 valence electrons. The highest BCUT2D eigenvalue weighted by Crippen LogP contribution is 2.06. The van der Waals surface area contributed by atoms with Crippen LogP contribution in [0.15, 0.2) is 0 Å². The summed E-state index contributed by atoms with van der Waals surface area (Å²) in [5, 5.41) is 0. The molecule has 0 nitrogen and oxygen atoms in total. The minimum Gasteiger partial charge on any atom is -0.131 e. The highest BCUT2D eigenvalue weighted by molar-refractivity contribution is 6.67. The monoisotopic (exact) mass is 164 g/mol. The van der Waals surface area contributed by atoms with Crippen molar-refractivity contribution in [2.45, 2.75) is 38.8 Å². The van der Waals surface area contributed by atoms with Crippen molar-refractivity contribution in [2.75, 3.05) is 5.50 Å². The predicted molar refractivity (Wildman–Crippen MR) is 48.1 cm³/mol. The molecule has 0 saturated carbocycles. The zero-order chi connectivity index (χ0) is 7.11. The first-order valence-electron chi connectivity index (χ1n) is 3.91.